The Kier molecular flexibility index (Phi) is 5.96. The lowest BCUT2D eigenvalue weighted by Crippen LogP contribution is -2.28. The van der Waals surface area contributed by atoms with Gasteiger partial charge in [-0.25, -0.2) is 4.98 Å². The van der Waals surface area contributed by atoms with Crippen LogP contribution in [0.1, 0.15) is 13.3 Å². The molecule has 0 aromatic carbocycles. The van der Waals surface area contributed by atoms with Crippen LogP contribution in [0, 0.1) is 0 Å². The summed E-state index contributed by atoms with van der Waals surface area (Å²) < 4.78 is 0. The molecule has 96 valence electrons. The molecule has 0 atom stereocenters. The van der Waals surface area contributed by atoms with E-state index >= 15 is 0 Å². The monoisotopic (exact) mass is 260 g/mol. The van der Waals surface area contributed by atoms with Crippen LogP contribution in [0.5, 0.6) is 0 Å². The van der Waals surface area contributed by atoms with Crippen LogP contribution in [-0.2, 0) is 0 Å². The third-order valence-electron chi connectivity index (χ3n) is 2.06. The van der Waals surface area contributed by atoms with Crippen LogP contribution < -0.4 is 10.6 Å². The molecule has 4 N–H and O–H groups in total. The number of aliphatic hydroxyl groups excluding tert-OH is 2. The van der Waals surface area contributed by atoms with E-state index in [0.29, 0.717) is 16.8 Å². The highest BCUT2D eigenvalue weighted by molar-refractivity contribution is 6.32. The highest BCUT2D eigenvalue weighted by Gasteiger charge is 2.10. The summed E-state index contributed by atoms with van der Waals surface area (Å²) in [5, 5.41) is 24.1. The molecule has 1 aromatic heterocycles. The van der Waals surface area contributed by atoms with E-state index in [0.717, 1.165) is 13.0 Å². The van der Waals surface area contributed by atoms with Gasteiger partial charge in [-0.05, 0) is 6.42 Å². The molecule has 0 spiro atoms. The first kappa shape index (κ1) is 14.0. The maximum atomic E-state index is 8.96. The average Bonchev–Trinajstić information content (AvgIpc) is 2.36. The van der Waals surface area contributed by atoms with Gasteiger partial charge in [0.05, 0.1) is 25.5 Å². The second kappa shape index (κ2) is 7.26. The van der Waals surface area contributed by atoms with Crippen molar-refractivity contribution < 1.29 is 10.2 Å². The van der Waals surface area contributed by atoms with Crippen molar-refractivity contribution in [1.29, 1.82) is 0 Å². The third-order valence-corrected chi connectivity index (χ3v) is 2.34. The lowest BCUT2D eigenvalue weighted by molar-refractivity contribution is 0.203. The minimum Gasteiger partial charge on any atom is -0.394 e. The van der Waals surface area contributed by atoms with Crippen molar-refractivity contribution in [3.05, 3.63) is 11.2 Å². The van der Waals surface area contributed by atoms with E-state index in [1.165, 1.54) is 6.20 Å². The Balaban J connectivity index is 2.75. The van der Waals surface area contributed by atoms with Crippen LogP contribution in [0.3, 0.4) is 0 Å². The van der Waals surface area contributed by atoms with Crippen LogP contribution >= 0.6 is 11.6 Å². The second-order valence-electron chi connectivity index (χ2n) is 3.52. The van der Waals surface area contributed by atoms with E-state index < -0.39 is 6.04 Å². The van der Waals surface area contributed by atoms with Gasteiger partial charge in [0.25, 0.3) is 0 Å². The van der Waals surface area contributed by atoms with Crippen LogP contribution in [0.4, 0.5) is 11.8 Å². The SMILES string of the molecule is CCCNc1ncc(Cl)c(NC(CO)CO)n1. The molecule has 0 bridgehead atoms. The van der Waals surface area contributed by atoms with Crippen LogP contribution in [0.2, 0.25) is 5.02 Å². The standard InChI is InChI=1S/C10H17ClN4O2/c1-2-3-12-10-13-4-8(11)9(15-10)14-7(5-16)6-17/h4,7,16-17H,2-3,5-6H2,1H3,(H2,12,13,14,15). The van der Waals surface area contributed by atoms with Gasteiger partial charge in [0.2, 0.25) is 5.95 Å². The third kappa shape index (κ3) is 4.33. The van der Waals surface area contributed by atoms with Gasteiger partial charge in [0.15, 0.2) is 5.82 Å². The van der Waals surface area contributed by atoms with E-state index in [-0.39, 0.29) is 13.2 Å². The number of nitrogens with one attached hydrogen (secondary N) is 2. The van der Waals surface area contributed by atoms with Crippen LogP contribution in [-0.4, -0.2) is 46.0 Å². The highest BCUT2D eigenvalue weighted by atomic mass is 35.5. The quantitative estimate of drug-likeness (QED) is 0.578. The Morgan fingerprint density at radius 2 is 2.12 bits per heavy atom. The van der Waals surface area contributed by atoms with Gasteiger partial charge >= 0.3 is 0 Å². The van der Waals surface area contributed by atoms with Gasteiger partial charge in [0.1, 0.15) is 5.02 Å². The molecule has 0 saturated carbocycles. The summed E-state index contributed by atoms with van der Waals surface area (Å²) in [6.45, 7) is 2.41. The van der Waals surface area contributed by atoms with Gasteiger partial charge in [-0.2, -0.15) is 4.98 Å². The molecular formula is C10H17ClN4O2. The summed E-state index contributed by atoms with van der Waals surface area (Å²) in [5.74, 6) is 0.863. The Labute approximate surface area is 105 Å². The van der Waals surface area contributed by atoms with Gasteiger partial charge in [-0.3, -0.25) is 0 Å². The lowest BCUT2D eigenvalue weighted by atomic mass is 10.3. The summed E-state index contributed by atoms with van der Waals surface area (Å²) >= 11 is 5.91. The molecule has 1 rings (SSSR count). The fraction of sp³-hybridized carbons (Fsp3) is 0.600. The fourth-order valence-electron chi connectivity index (χ4n) is 1.13. The normalized spacial score (nSPS) is 10.6. The Hall–Kier alpha value is -1.11. The maximum absolute atomic E-state index is 8.96. The van der Waals surface area contributed by atoms with Gasteiger partial charge in [-0.15, -0.1) is 0 Å². The number of rotatable bonds is 7. The topological polar surface area (TPSA) is 90.3 Å². The molecule has 0 aliphatic rings. The average molecular weight is 261 g/mol. The number of nitrogens with zero attached hydrogens (tertiary/aromatic N) is 2. The van der Waals surface area contributed by atoms with Crippen molar-refractivity contribution in [3.8, 4) is 0 Å². The number of aliphatic hydroxyl groups is 2. The minimum atomic E-state index is -0.485. The predicted octanol–water partition coefficient (Wildman–Crippen LogP) is 0.717. The number of anilines is 2. The van der Waals surface area contributed by atoms with Crippen molar-refractivity contribution in [2.45, 2.75) is 19.4 Å². The van der Waals surface area contributed by atoms with E-state index in [2.05, 4.69) is 20.6 Å². The second-order valence-corrected chi connectivity index (χ2v) is 3.93. The summed E-state index contributed by atoms with van der Waals surface area (Å²) in [5.41, 5.74) is 0. The van der Waals surface area contributed by atoms with Crippen LogP contribution in [0.25, 0.3) is 0 Å². The van der Waals surface area contributed by atoms with E-state index in [1.54, 1.807) is 0 Å². The molecule has 7 heteroatoms. The van der Waals surface area contributed by atoms with Crippen molar-refractivity contribution in [2.75, 3.05) is 30.4 Å². The maximum Gasteiger partial charge on any atom is 0.224 e. The van der Waals surface area contributed by atoms with Crippen molar-refractivity contribution in [2.24, 2.45) is 0 Å². The molecule has 0 aliphatic heterocycles. The zero-order valence-electron chi connectivity index (χ0n) is 9.65. The molecule has 1 heterocycles. The first-order chi connectivity index (χ1) is 8.21. The first-order valence-corrected chi connectivity index (χ1v) is 5.83. The van der Waals surface area contributed by atoms with E-state index in [4.69, 9.17) is 21.8 Å². The van der Waals surface area contributed by atoms with Crippen molar-refractivity contribution in [3.63, 3.8) is 0 Å². The molecule has 1 aromatic rings. The summed E-state index contributed by atoms with van der Waals surface area (Å²) in [7, 11) is 0. The molecule has 0 amide bonds. The zero-order chi connectivity index (χ0) is 12.7. The van der Waals surface area contributed by atoms with Gasteiger partial charge < -0.3 is 20.8 Å². The largest absolute Gasteiger partial charge is 0.394 e. The van der Waals surface area contributed by atoms with Gasteiger partial charge in [0, 0.05) is 6.54 Å². The Bertz CT molecular complexity index is 347. The smallest absolute Gasteiger partial charge is 0.224 e. The Morgan fingerprint density at radius 3 is 2.71 bits per heavy atom. The summed E-state index contributed by atoms with van der Waals surface area (Å²) in [6, 6.07) is -0.485. The molecule has 0 unspecified atom stereocenters. The number of hydrogen-bond acceptors (Lipinski definition) is 6. The minimum absolute atomic E-state index is 0.200. The van der Waals surface area contributed by atoms with Crippen molar-refractivity contribution in [1.82, 2.24) is 9.97 Å². The van der Waals surface area contributed by atoms with Gasteiger partial charge in [-0.1, -0.05) is 18.5 Å². The molecule has 0 aliphatic carbocycles. The number of aromatic nitrogens is 2. The molecule has 0 fully saturated rings. The molecule has 6 nitrogen and oxygen atoms in total. The van der Waals surface area contributed by atoms with Crippen molar-refractivity contribution >= 4 is 23.4 Å². The number of halogens is 1. The summed E-state index contributed by atoms with van der Waals surface area (Å²) in [6.07, 6.45) is 2.44. The van der Waals surface area contributed by atoms with E-state index in [1.807, 2.05) is 6.92 Å². The molecular weight excluding hydrogens is 244 g/mol. The molecule has 0 radical (unpaired) electrons. The lowest BCUT2D eigenvalue weighted by Gasteiger charge is -2.15. The predicted molar refractivity (Wildman–Crippen MR) is 67.4 cm³/mol. The first-order valence-electron chi connectivity index (χ1n) is 5.45. The summed E-state index contributed by atoms with van der Waals surface area (Å²) in [4.78, 5) is 8.17. The number of hydrogen-bond donors (Lipinski definition) is 4. The highest BCUT2D eigenvalue weighted by Crippen LogP contribution is 2.20. The Morgan fingerprint density at radius 1 is 1.41 bits per heavy atom. The zero-order valence-corrected chi connectivity index (χ0v) is 10.4. The van der Waals surface area contributed by atoms with E-state index in [9.17, 15) is 0 Å². The molecule has 0 saturated heterocycles. The fourth-order valence-corrected chi connectivity index (χ4v) is 1.28. The molecule has 17 heavy (non-hydrogen) atoms. The van der Waals surface area contributed by atoms with Crippen LogP contribution in [0.15, 0.2) is 6.20 Å².